The number of hydrogen-bond donors (Lipinski definition) is 1. The monoisotopic (exact) mass is 309 g/mol. The third-order valence-electron chi connectivity index (χ3n) is 2.50. The number of aromatic nitrogens is 2. The number of hydrogen-bond acceptors (Lipinski definition) is 4. The van der Waals surface area contributed by atoms with Crippen LogP contribution in [0.2, 0.25) is 5.02 Å². The van der Waals surface area contributed by atoms with Gasteiger partial charge < -0.3 is 5.32 Å². The smallest absolute Gasteiger partial charge is 0.229 e. The van der Waals surface area contributed by atoms with Gasteiger partial charge >= 0.3 is 0 Å². The maximum atomic E-state index is 11.8. The molecule has 2 aromatic rings. The minimum absolute atomic E-state index is 0.160. The van der Waals surface area contributed by atoms with Crippen LogP contribution in [0.25, 0.3) is 0 Å². The third-order valence-corrected chi connectivity index (χ3v) is 3.90. The standard InChI is InChI=1S/C13H12ClN3O2S/c1-20(19)11-3-2-9(6-10(11)14)7-13(18)17-12-8-15-4-5-16-12/h2-6,8H,7H2,1H3,(H,16,17,18). The number of rotatable bonds is 4. The minimum Gasteiger partial charge on any atom is -0.309 e. The van der Waals surface area contributed by atoms with E-state index in [1.54, 1.807) is 24.5 Å². The molecule has 104 valence electrons. The molecule has 1 heterocycles. The van der Waals surface area contributed by atoms with Crippen molar-refractivity contribution in [3.05, 3.63) is 47.4 Å². The summed E-state index contributed by atoms with van der Waals surface area (Å²) in [6.07, 6.45) is 6.21. The van der Waals surface area contributed by atoms with E-state index in [1.807, 2.05) is 0 Å². The molecule has 1 aromatic heterocycles. The van der Waals surface area contributed by atoms with Crippen LogP contribution in [0.5, 0.6) is 0 Å². The summed E-state index contributed by atoms with van der Waals surface area (Å²) in [4.78, 5) is 20.2. The van der Waals surface area contributed by atoms with Crippen LogP contribution in [-0.2, 0) is 22.0 Å². The van der Waals surface area contributed by atoms with E-state index in [-0.39, 0.29) is 12.3 Å². The van der Waals surface area contributed by atoms with Gasteiger partial charge in [0.1, 0.15) is 0 Å². The molecule has 20 heavy (non-hydrogen) atoms. The summed E-state index contributed by atoms with van der Waals surface area (Å²) in [6, 6.07) is 5.05. The van der Waals surface area contributed by atoms with E-state index < -0.39 is 10.8 Å². The number of anilines is 1. The Balaban J connectivity index is 2.05. The van der Waals surface area contributed by atoms with E-state index in [9.17, 15) is 9.00 Å². The Morgan fingerprint density at radius 1 is 1.40 bits per heavy atom. The molecule has 0 radical (unpaired) electrons. The highest BCUT2D eigenvalue weighted by atomic mass is 35.5. The lowest BCUT2D eigenvalue weighted by Gasteiger charge is -2.06. The van der Waals surface area contributed by atoms with E-state index in [0.717, 1.165) is 5.56 Å². The van der Waals surface area contributed by atoms with Crippen molar-refractivity contribution in [3.63, 3.8) is 0 Å². The van der Waals surface area contributed by atoms with Gasteiger partial charge in [0.15, 0.2) is 5.82 Å². The number of benzene rings is 1. The second kappa shape index (κ2) is 6.58. The van der Waals surface area contributed by atoms with Gasteiger partial charge in [0.25, 0.3) is 0 Å². The van der Waals surface area contributed by atoms with Gasteiger partial charge in [0, 0.05) is 18.6 Å². The van der Waals surface area contributed by atoms with Crippen LogP contribution >= 0.6 is 11.6 Å². The quantitative estimate of drug-likeness (QED) is 0.938. The van der Waals surface area contributed by atoms with Crippen LogP contribution in [0.15, 0.2) is 41.7 Å². The molecule has 0 fully saturated rings. The van der Waals surface area contributed by atoms with E-state index in [4.69, 9.17) is 11.6 Å². The molecule has 7 heteroatoms. The van der Waals surface area contributed by atoms with E-state index in [0.29, 0.717) is 15.7 Å². The number of nitrogens with zero attached hydrogens (tertiary/aromatic N) is 2. The lowest BCUT2D eigenvalue weighted by Crippen LogP contribution is -2.15. The van der Waals surface area contributed by atoms with Gasteiger partial charge in [-0.2, -0.15) is 0 Å². The van der Waals surface area contributed by atoms with Gasteiger partial charge in [0.05, 0.1) is 33.3 Å². The summed E-state index contributed by atoms with van der Waals surface area (Å²) in [5.74, 6) is 0.182. The summed E-state index contributed by atoms with van der Waals surface area (Å²) in [5.41, 5.74) is 0.741. The van der Waals surface area contributed by atoms with Crippen LogP contribution < -0.4 is 5.32 Å². The lowest BCUT2D eigenvalue weighted by molar-refractivity contribution is -0.115. The van der Waals surface area contributed by atoms with E-state index >= 15 is 0 Å². The number of amides is 1. The zero-order valence-corrected chi connectivity index (χ0v) is 12.2. The van der Waals surface area contributed by atoms with Crippen molar-refractivity contribution in [1.82, 2.24) is 9.97 Å². The van der Waals surface area contributed by atoms with Crippen molar-refractivity contribution in [3.8, 4) is 0 Å². The maximum Gasteiger partial charge on any atom is 0.229 e. The van der Waals surface area contributed by atoms with Crippen LogP contribution in [0, 0.1) is 0 Å². The molecule has 0 saturated heterocycles. The fraction of sp³-hybridized carbons (Fsp3) is 0.154. The van der Waals surface area contributed by atoms with Gasteiger partial charge in [-0.15, -0.1) is 0 Å². The summed E-state index contributed by atoms with van der Waals surface area (Å²) in [5, 5.41) is 3.03. The minimum atomic E-state index is -1.14. The average molecular weight is 310 g/mol. The number of carbonyl (C=O) groups is 1. The highest BCUT2D eigenvalue weighted by molar-refractivity contribution is 7.84. The van der Waals surface area contributed by atoms with Crippen molar-refractivity contribution < 1.29 is 9.00 Å². The molecule has 1 aromatic carbocycles. The first kappa shape index (κ1) is 14.6. The van der Waals surface area contributed by atoms with Gasteiger partial charge in [-0.05, 0) is 17.7 Å². The zero-order valence-electron chi connectivity index (χ0n) is 10.7. The lowest BCUT2D eigenvalue weighted by atomic mass is 10.1. The van der Waals surface area contributed by atoms with Crippen LogP contribution in [0.4, 0.5) is 5.82 Å². The first-order chi connectivity index (χ1) is 9.56. The Hall–Kier alpha value is -1.79. The Bertz CT molecular complexity index is 649. The summed E-state index contributed by atoms with van der Waals surface area (Å²) >= 11 is 6.02. The number of carbonyl (C=O) groups excluding carboxylic acids is 1. The summed E-state index contributed by atoms with van der Waals surface area (Å²) in [7, 11) is -1.14. The largest absolute Gasteiger partial charge is 0.309 e. The number of nitrogens with one attached hydrogen (secondary N) is 1. The Morgan fingerprint density at radius 2 is 2.20 bits per heavy atom. The van der Waals surface area contributed by atoms with Crippen LogP contribution in [-0.4, -0.2) is 26.3 Å². The highest BCUT2D eigenvalue weighted by Crippen LogP contribution is 2.21. The second-order valence-electron chi connectivity index (χ2n) is 4.03. The SMILES string of the molecule is CS(=O)c1ccc(CC(=O)Nc2cnccn2)cc1Cl. The third kappa shape index (κ3) is 3.85. The fourth-order valence-corrected chi connectivity index (χ4v) is 2.75. The molecular formula is C13H12ClN3O2S. The molecule has 2 rings (SSSR count). The highest BCUT2D eigenvalue weighted by Gasteiger charge is 2.09. The molecule has 5 nitrogen and oxygen atoms in total. The average Bonchev–Trinajstić information content (AvgIpc) is 2.39. The van der Waals surface area contributed by atoms with Gasteiger partial charge in [-0.25, -0.2) is 4.98 Å². The molecule has 0 aliphatic heterocycles. The summed E-state index contributed by atoms with van der Waals surface area (Å²) < 4.78 is 11.4. The molecule has 1 atom stereocenters. The van der Waals surface area contributed by atoms with Crippen molar-refractivity contribution in [2.24, 2.45) is 0 Å². The molecule has 1 N–H and O–H groups in total. The molecule has 0 aliphatic carbocycles. The fourth-order valence-electron chi connectivity index (χ4n) is 1.62. The normalized spacial score (nSPS) is 11.9. The molecule has 0 saturated carbocycles. The van der Waals surface area contributed by atoms with Crippen LogP contribution in [0.1, 0.15) is 5.56 Å². The van der Waals surface area contributed by atoms with Gasteiger partial charge in [-0.3, -0.25) is 14.0 Å². The maximum absolute atomic E-state index is 11.8. The molecule has 1 amide bonds. The molecule has 1 unspecified atom stereocenters. The van der Waals surface area contributed by atoms with Crippen molar-refractivity contribution in [2.45, 2.75) is 11.3 Å². The number of halogens is 1. The van der Waals surface area contributed by atoms with Crippen molar-refractivity contribution >= 4 is 34.1 Å². The molecule has 0 aliphatic rings. The predicted molar refractivity (Wildman–Crippen MR) is 78.2 cm³/mol. The Morgan fingerprint density at radius 3 is 2.80 bits per heavy atom. The van der Waals surface area contributed by atoms with Gasteiger partial charge in [0.2, 0.25) is 5.91 Å². The Kier molecular flexibility index (Phi) is 4.81. The van der Waals surface area contributed by atoms with Crippen molar-refractivity contribution in [1.29, 1.82) is 0 Å². The van der Waals surface area contributed by atoms with Crippen LogP contribution in [0.3, 0.4) is 0 Å². The topological polar surface area (TPSA) is 72.0 Å². The van der Waals surface area contributed by atoms with Gasteiger partial charge in [-0.1, -0.05) is 17.7 Å². The van der Waals surface area contributed by atoms with Crippen molar-refractivity contribution in [2.75, 3.05) is 11.6 Å². The second-order valence-corrected chi connectivity index (χ2v) is 5.79. The molecule has 0 spiro atoms. The predicted octanol–water partition coefficient (Wildman–Crippen LogP) is 2.05. The molecule has 0 bridgehead atoms. The molecular weight excluding hydrogens is 298 g/mol. The zero-order chi connectivity index (χ0) is 14.5. The van der Waals surface area contributed by atoms with E-state index in [2.05, 4.69) is 15.3 Å². The first-order valence-corrected chi connectivity index (χ1v) is 7.67. The first-order valence-electron chi connectivity index (χ1n) is 5.74. The summed E-state index contributed by atoms with van der Waals surface area (Å²) in [6.45, 7) is 0. The van der Waals surface area contributed by atoms with E-state index in [1.165, 1.54) is 18.6 Å². The Labute approximate surface area is 123 Å².